The van der Waals surface area contributed by atoms with Crippen LogP contribution in [0.3, 0.4) is 0 Å². The third-order valence-corrected chi connectivity index (χ3v) is 6.51. The summed E-state index contributed by atoms with van der Waals surface area (Å²) in [6.45, 7) is 1.82. The summed E-state index contributed by atoms with van der Waals surface area (Å²) < 4.78 is 0. The molecule has 0 radical (unpaired) electrons. The largest absolute Gasteiger partial charge is 0.371 e. The molecule has 2 amide bonds. The zero-order chi connectivity index (χ0) is 18.3. The molecular formula is C20H28N4O2. The molecule has 2 bridgehead atoms. The maximum Gasteiger partial charge on any atom is 0.250 e. The molecule has 5 N–H and O–H groups in total. The van der Waals surface area contributed by atoms with Crippen LogP contribution in [0.15, 0.2) is 18.2 Å². The summed E-state index contributed by atoms with van der Waals surface area (Å²) in [5.74, 6) is 0.404. The standard InChI is InChI=1S/C20H28N4O2/c21-18-13-5-4-12(10-13)17(18)20(26)23-14-6-7-15(19(22)25)16(11-14)24-8-2-1-3-9-24/h6-7,11-13,17-18H,1-5,8-10,21H2,(H2,22,25)(H,23,26). The van der Waals surface area contributed by atoms with Gasteiger partial charge < -0.3 is 21.7 Å². The van der Waals surface area contributed by atoms with Crippen molar-refractivity contribution >= 4 is 23.2 Å². The minimum Gasteiger partial charge on any atom is -0.371 e. The molecule has 3 fully saturated rings. The molecule has 1 heterocycles. The van der Waals surface area contributed by atoms with Gasteiger partial charge in [-0.25, -0.2) is 0 Å². The summed E-state index contributed by atoms with van der Waals surface area (Å²) in [4.78, 5) is 26.9. The van der Waals surface area contributed by atoms with Gasteiger partial charge in [-0.3, -0.25) is 9.59 Å². The lowest BCUT2D eigenvalue weighted by atomic mass is 9.84. The molecule has 1 saturated heterocycles. The van der Waals surface area contributed by atoms with Gasteiger partial charge >= 0.3 is 0 Å². The van der Waals surface area contributed by atoms with Crippen molar-refractivity contribution in [2.24, 2.45) is 29.2 Å². The minimum atomic E-state index is -0.432. The van der Waals surface area contributed by atoms with E-state index in [9.17, 15) is 9.59 Å². The van der Waals surface area contributed by atoms with Crippen molar-refractivity contribution in [3.8, 4) is 0 Å². The molecule has 0 aromatic heterocycles. The molecule has 6 heteroatoms. The zero-order valence-corrected chi connectivity index (χ0v) is 15.1. The number of carbonyl (C=O) groups is 2. The third kappa shape index (κ3) is 3.07. The number of fused-ring (bicyclic) bond motifs is 2. The highest BCUT2D eigenvalue weighted by atomic mass is 16.2. The number of benzene rings is 1. The number of nitrogens with two attached hydrogens (primary N) is 2. The molecule has 4 atom stereocenters. The Bertz CT molecular complexity index is 712. The molecule has 2 aliphatic carbocycles. The van der Waals surface area contributed by atoms with Gasteiger partial charge in [-0.15, -0.1) is 0 Å². The molecule has 2 saturated carbocycles. The van der Waals surface area contributed by atoms with Crippen LogP contribution >= 0.6 is 0 Å². The molecule has 4 unspecified atom stereocenters. The molecule has 0 spiro atoms. The number of piperidine rings is 1. The highest BCUT2D eigenvalue weighted by molar-refractivity contribution is 6.01. The van der Waals surface area contributed by atoms with Crippen LogP contribution in [0, 0.1) is 17.8 Å². The Morgan fingerprint density at radius 3 is 2.46 bits per heavy atom. The van der Waals surface area contributed by atoms with Gasteiger partial charge in [0.2, 0.25) is 5.91 Å². The van der Waals surface area contributed by atoms with Gasteiger partial charge in [0.15, 0.2) is 0 Å². The number of carbonyl (C=O) groups excluding carboxylic acids is 2. The van der Waals surface area contributed by atoms with Crippen LogP contribution < -0.4 is 21.7 Å². The predicted octanol–water partition coefficient (Wildman–Crippen LogP) is 2.09. The average molecular weight is 356 g/mol. The highest BCUT2D eigenvalue weighted by Crippen LogP contribution is 2.48. The van der Waals surface area contributed by atoms with Gasteiger partial charge in [-0.1, -0.05) is 0 Å². The molecule has 4 rings (SSSR count). The van der Waals surface area contributed by atoms with Crippen LogP contribution in [0.25, 0.3) is 0 Å². The quantitative estimate of drug-likeness (QED) is 0.769. The SMILES string of the molecule is NC(=O)c1ccc(NC(=O)C2C3CCC(C3)C2N)cc1N1CCCCC1. The van der Waals surface area contributed by atoms with E-state index in [4.69, 9.17) is 11.5 Å². The zero-order valence-electron chi connectivity index (χ0n) is 15.1. The molecule has 1 aromatic carbocycles. The van der Waals surface area contributed by atoms with Gasteiger partial charge in [-0.2, -0.15) is 0 Å². The fraction of sp³-hybridized carbons (Fsp3) is 0.600. The topological polar surface area (TPSA) is 101 Å². The number of primary amides is 1. The van der Waals surface area contributed by atoms with Crippen molar-refractivity contribution < 1.29 is 9.59 Å². The van der Waals surface area contributed by atoms with E-state index in [2.05, 4.69) is 10.2 Å². The van der Waals surface area contributed by atoms with Crippen molar-refractivity contribution in [3.05, 3.63) is 23.8 Å². The Labute approximate surface area is 154 Å². The summed E-state index contributed by atoms with van der Waals surface area (Å²) in [5, 5.41) is 3.05. The Balaban J connectivity index is 1.55. The first-order valence-electron chi connectivity index (χ1n) is 9.80. The van der Waals surface area contributed by atoms with Crippen molar-refractivity contribution in [1.29, 1.82) is 0 Å². The molecule has 26 heavy (non-hydrogen) atoms. The van der Waals surface area contributed by atoms with Crippen LogP contribution in [0.5, 0.6) is 0 Å². The molecule has 140 valence electrons. The predicted molar refractivity (Wildman–Crippen MR) is 102 cm³/mol. The smallest absolute Gasteiger partial charge is 0.250 e. The van der Waals surface area contributed by atoms with E-state index < -0.39 is 5.91 Å². The van der Waals surface area contributed by atoms with E-state index in [-0.39, 0.29) is 17.9 Å². The first kappa shape index (κ1) is 17.3. The number of rotatable bonds is 4. The third-order valence-electron chi connectivity index (χ3n) is 6.51. The van der Waals surface area contributed by atoms with Crippen LogP contribution in [-0.4, -0.2) is 30.9 Å². The number of anilines is 2. The van der Waals surface area contributed by atoms with Gasteiger partial charge in [0, 0.05) is 24.8 Å². The second-order valence-electron chi connectivity index (χ2n) is 8.07. The lowest BCUT2D eigenvalue weighted by Crippen LogP contribution is -2.42. The highest BCUT2D eigenvalue weighted by Gasteiger charge is 2.49. The van der Waals surface area contributed by atoms with Crippen LogP contribution in [0.1, 0.15) is 48.9 Å². The summed E-state index contributed by atoms with van der Waals surface area (Å²) in [6, 6.07) is 5.36. The lowest BCUT2D eigenvalue weighted by molar-refractivity contribution is -0.121. The lowest BCUT2D eigenvalue weighted by Gasteiger charge is -2.31. The minimum absolute atomic E-state index is 0.0149. The van der Waals surface area contributed by atoms with Gasteiger partial charge in [-0.05, 0) is 68.6 Å². The Kier molecular flexibility index (Phi) is 4.61. The van der Waals surface area contributed by atoms with E-state index in [0.29, 0.717) is 17.4 Å². The Hall–Kier alpha value is -2.08. The fourth-order valence-electron chi connectivity index (χ4n) is 5.16. The Morgan fingerprint density at radius 2 is 1.81 bits per heavy atom. The summed E-state index contributed by atoms with van der Waals surface area (Å²) in [7, 11) is 0. The second kappa shape index (κ2) is 6.91. The molecule has 1 aromatic rings. The number of amides is 2. The maximum atomic E-state index is 12.8. The summed E-state index contributed by atoms with van der Waals surface area (Å²) in [6.07, 6.45) is 6.77. The number of hydrogen-bond acceptors (Lipinski definition) is 4. The van der Waals surface area contributed by atoms with Crippen LogP contribution in [0.4, 0.5) is 11.4 Å². The van der Waals surface area contributed by atoms with Crippen molar-refractivity contribution in [2.75, 3.05) is 23.3 Å². The number of hydrogen-bond donors (Lipinski definition) is 3. The Morgan fingerprint density at radius 1 is 1.08 bits per heavy atom. The van der Waals surface area contributed by atoms with E-state index in [1.807, 2.05) is 6.07 Å². The molecular weight excluding hydrogens is 328 g/mol. The van der Waals surface area contributed by atoms with Crippen molar-refractivity contribution in [2.45, 2.75) is 44.6 Å². The normalized spacial score (nSPS) is 30.4. The van der Waals surface area contributed by atoms with E-state index >= 15 is 0 Å². The summed E-state index contributed by atoms with van der Waals surface area (Å²) in [5.41, 5.74) is 13.9. The van der Waals surface area contributed by atoms with Gasteiger partial charge in [0.05, 0.1) is 17.2 Å². The summed E-state index contributed by atoms with van der Waals surface area (Å²) >= 11 is 0. The van der Waals surface area contributed by atoms with Gasteiger partial charge in [0.1, 0.15) is 0 Å². The van der Waals surface area contributed by atoms with E-state index in [0.717, 1.165) is 56.6 Å². The van der Waals surface area contributed by atoms with E-state index in [1.165, 1.54) is 6.42 Å². The van der Waals surface area contributed by atoms with Crippen LogP contribution in [-0.2, 0) is 4.79 Å². The fourth-order valence-corrected chi connectivity index (χ4v) is 5.16. The maximum absolute atomic E-state index is 12.8. The number of nitrogens with one attached hydrogen (secondary N) is 1. The monoisotopic (exact) mass is 356 g/mol. The van der Waals surface area contributed by atoms with Crippen molar-refractivity contribution in [3.63, 3.8) is 0 Å². The van der Waals surface area contributed by atoms with Crippen molar-refractivity contribution in [1.82, 2.24) is 0 Å². The number of nitrogens with zero attached hydrogens (tertiary/aromatic N) is 1. The molecule has 6 nitrogen and oxygen atoms in total. The van der Waals surface area contributed by atoms with Crippen LogP contribution in [0.2, 0.25) is 0 Å². The average Bonchev–Trinajstić information content (AvgIpc) is 3.23. The second-order valence-corrected chi connectivity index (χ2v) is 8.07. The molecule has 3 aliphatic rings. The first-order chi connectivity index (χ1) is 12.5. The molecule has 1 aliphatic heterocycles. The first-order valence-corrected chi connectivity index (χ1v) is 9.80. The van der Waals surface area contributed by atoms with Gasteiger partial charge in [0.25, 0.3) is 5.91 Å². The van der Waals surface area contributed by atoms with E-state index in [1.54, 1.807) is 12.1 Å².